The van der Waals surface area contributed by atoms with Crippen molar-refractivity contribution in [2.24, 2.45) is 0 Å². The van der Waals surface area contributed by atoms with Crippen LogP contribution in [-0.2, 0) is 4.74 Å². The summed E-state index contributed by atoms with van der Waals surface area (Å²) in [6.45, 7) is 2.71. The minimum Gasteiger partial charge on any atom is -0.491 e. The molecule has 2 N–H and O–H groups in total. The molecule has 0 aromatic heterocycles. The number of hydrogen-bond donors (Lipinski definition) is 2. The average Bonchev–Trinajstić information content (AvgIpc) is 2.30. The molecular formula is C12H17ClO4. The van der Waals surface area contributed by atoms with Crippen LogP contribution >= 0.6 is 11.6 Å². The lowest BCUT2D eigenvalue weighted by Crippen LogP contribution is -2.10. The summed E-state index contributed by atoms with van der Waals surface area (Å²) in [6, 6.07) is 5.10. The SMILES string of the molecule is CC(O)c1cc(Cl)ccc1OCCOCCO. The molecule has 0 saturated heterocycles. The van der Waals surface area contributed by atoms with E-state index in [0.29, 0.717) is 36.2 Å². The molecule has 0 fully saturated rings. The fraction of sp³-hybridized carbons (Fsp3) is 0.500. The van der Waals surface area contributed by atoms with Gasteiger partial charge < -0.3 is 19.7 Å². The van der Waals surface area contributed by atoms with Crippen LogP contribution < -0.4 is 4.74 Å². The topological polar surface area (TPSA) is 58.9 Å². The van der Waals surface area contributed by atoms with E-state index in [2.05, 4.69) is 0 Å². The van der Waals surface area contributed by atoms with Gasteiger partial charge in [0.1, 0.15) is 12.4 Å². The molecule has 17 heavy (non-hydrogen) atoms. The van der Waals surface area contributed by atoms with Crippen molar-refractivity contribution in [3.05, 3.63) is 28.8 Å². The van der Waals surface area contributed by atoms with Crippen LogP contribution in [-0.4, -0.2) is 36.6 Å². The van der Waals surface area contributed by atoms with Gasteiger partial charge in [0.25, 0.3) is 0 Å². The predicted molar refractivity (Wildman–Crippen MR) is 65.5 cm³/mol. The van der Waals surface area contributed by atoms with E-state index in [1.54, 1.807) is 25.1 Å². The predicted octanol–water partition coefficient (Wildman–Crippen LogP) is 1.78. The first kappa shape index (κ1) is 14.3. The Hall–Kier alpha value is -0.810. The molecule has 5 heteroatoms. The highest BCUT2D eigenvalue weighted by Crippen LogP contribution is 2.28. The number of aliphatic hydroxyl groups excluding tert-OH is 2. The van der Waals surface area contributed by atoms with Crippen LogP contribution in [0.25, 0.3) is 0 Å². The van der Waals surface area contributed by atoms with E-state index >= 15 is 0 Å². The minimum atomic E-state index is -0.637. The standard InChI is InChI=1S/C12H17ClO4/c1-9(15)11-8-10(13)2-3-12(11)17-7-6-16-5-4-14/h2-3,8-9,14-15H,4-7H2,1H3. The zero-order chi connectivity index (χ0) is 12.7. The van der Waals surface area contributed by atoms with E-state index < -0.39 is 6.10 Å². The van der Waals surface area contributed by atoms with Crippen molar-refractivity contribution < 1.29 is 19.7 Å². The number of ether oxygens (including phenoxy) is 2. The molecular weight excluding hydrogens is 244 g/mol. The second-order valence-electron chi connectivity index (χ2n) is 3.54. The van der Waals surface area contributed by atoms with Crippen LogP contribution in [0.5, 0.6) is 5.75 Å². The maximum Gasteiger partial charge on any atom is 0.125 e. The summed E-state index contributed by atoms with van der Waals surface area (Å²) in [5.74, 6) is 0.594. The first-order valence-corrected chi connectivity index (χ1v) is 5.82. The fourth-order valence-corrected chi connectivity index (χ4v) is 1.53. The van der Waals surface area contributed by atoms with Gasteiger partial charge in [-0.3, -0.25) is 0 Å². The third kappa shape index (κ3) is 4.91. The van der Waals surface area contributed by atoms with Crippen molar-refractivity contribution in [2.75, 3.05) is 26.4 Å². The highest BCUT2D eigenvalue weighted by atomic mass is 35.5. The van der Waals surface area contributed by atoms with Gasteiger partial charge in [0.05, 0.1) is 25.9 Å². The molecule has 0 radical (unpaired) electrons. The lowest BCUT2D eigenvalue weighted by Gasteiger charge is -2.13. The maximum atomic E-state index is 9.57. The molecule has 0 aliphatic rings. The summed E-state index contributed by atoms with van der Waals surface area (Å²) < 4.78 is 10.5. The summed E-state index contributed by atoms with van der Waals surface area (Å²) in [7, 11) is 0. The Kier molecular flexibility index (Phi) is 6.29. The van der Waals surface area contributed by atoms with Crippen LogP contribution in [0.4, 0.5) is 0 Å². The molecule has 1 aromatic carbocycles. The first-order valence-electron chi connectivity index (χ1n) is 5.44. The van der Waals surface area contributed by atoms with Gasteiger partial charge in [0.15, 0.2) is 0 Å². The number of rotatable bonds is 7. The largest absolute Gasteiger partial charge is 0.491 e. The molecule has 0 heterocycles. The molecule has 0 aliphatic heterocycles. The molecule has 1 unspecified atom stereocenters. The van der Waals surface area contributed by atoms with Crippen molar-refractivity contribution in [3.63, 3.8) is 0 Å². The molecule has 1 rings (SSSR count). The zero-order valence-corrected chi connectivity index (χ0v) is 10.5. The van der Waals surface area contributed by atoms with Crippen molar-refractivity contribution in [1.82, 2.24) is 0 Å². The van der Waals surface area contributed by atoms with Crippen molar-refractivity contribution in [3.8, 4) is 5.75 Å². The molecule has 96 valence electrons. The summed E-state index contributed by atoms with van der Waals surface area (Å²) in [5.41, 5.74) is 0.652. The maximum absolute atomic E-state index is 9.57. The van der Waals surface area contributed by atoms with E-state index in [1.807, 2.05) is 0 Å². The van der Waals surface area contributed by atoms with Gasteiger partial charge in [-0.25, -0.2) is 0 Å². The fourth-order valence-electron chi connectivity index (χ4n) is 1.35. The van der Waals surface area contributed by atoms with Crippen molar-refractivity contribution in [1.29, 1.82) is 0 Å². The molecule has 0 aliphatic carbocycles. The Bertz CT molecular complexity index is 341. The normalized spacial score (nSPS) is 12.5. The van der Waals surface area contributed by atoms with E-state index in [-0.39, 0.29) is 6.61 Å². The van der Waals surface area contributed by atoms with Gasteiger partial charge in [0, 0.05) is 10.6 Å². The average molecular weight is 261 g/mol. The monoisotopic (exact) mass is 260 g/mol. The highest BCUT2D eigenvalue weighted by Gasteiger charge is 2.09. The van der Waals surface area contributed by atoms with E-state index in [0.717, 1.165) is 0 Å². The minimum absolute atomic E-state index is 0.000130. The van der Waals surface area contributed by atoms with Gasteiger partial charge in [-0.05, 0) is 25.1 Å². The number of benzene rings is 1. The summed E-state index contributed by atoms with van der Waals surface area (Å²) in [5, 5.41) is 18.6. The van der Waals surface area contributed by atoms with Crippen molar-refractivity contribution >= 4 is 11.6 Å². The lowest BCUT2D eigenvalue weighted by atomic mass is 10.1. The van der Waals surface area contributed by atoms with Gasteiger partial charge in [-0.2, -0.15) is 0 Å². The third-order valence-electron chi connectivity index (χ3n) is 2.14. The van der Waals surface area contributed by atoms with Gasteiger partial charge in [0.2, 0.25) is 0 Å². The summed E-state index contributed by atoms with van der Waals surface area (Å²) >= 11 is 5.84. The van der Waals surface area contributed by atoms with Gasteiger partial charge in [-0.1, -0.05) is 11.6 Å². The lowest BCUT2D eigenvalue weighted by molar-refractivity contribution is 0.0695. The molecule has 0 spiro atoms. The molecule has 0 saturated carbocycles. The first-order chi connectivity index (χ1) is 8.15. The Labute approximate surface area is 106 Å². The van der Waals surface area contributed by atoms with Gasteiger partial charge in [-0.15, -0.1) is 0 Å². The van der Waals surface area contributed by atoms with Gasteiger partial charge >= 0.3 is 0 Å². The highest BCUT2D eigenvalue weighted by molar-refractivity contribution is 6.30. The van der Waals surface area contributed by atoms with E-state index in [4.69, 9.17) is 26.2 Å². The van der Waals surface area contributed by atoms with E-state index in [9.17, 15) is 5.11 Å². The Morgan fingerprint density at radius 1 is 1.29 bits per heavy atom. The zero-order valence-electron chi connectivity index (χ0n) is 9.73. The summed E-state index contributed by atoms with van der Waals surface area (Å²) in [4.78, 5) is 0. The second-order valence-corrected chi connectivity index (χ2v) is 3.98. The Morgan fingerprint density at radius 2 is 2.06 bits per heavy atom. The number of halogens is 1. The number of aliphatic hydroxyl groups is 2. The summed E-state index contributed by atoms with van der Waals surface area (Å²) in [6.07, 6.45) is -0.637. The van der Waals surface area contributed by atoms with Crippen molar-refractivity contribution in [2.45, 2.75) is 13.0 Å². The molecule has 1 atom stereocenters. The Balaban J connectivity index is 2.52. The number of hydrogen-bond acceptors (Lipinski definition) is 4. The Morgan fingerprint density at radius 3 is 2.71 bits per heavy atom. The van der Waals surface area contributed by atoms with E-state index in [1.165, 1.54) is 0 Å². The molecule has 4 nitrogen and oxygen atoms in total. The second kappa shape index (κ2) is 7.50. The molecule has 1 aromatic rings. The third-order valence-corrected chi connectivity index (χ3v) is 2.38. The smallest absolute Gasteiger partial charge is 0.125 e. The quantitative estimate of drug-likeness (QED) is 0.734. The van der Waals surface area contributed by atoms with Crippen LogP contribution in [0.1, 0.15) is 18.6 Å². The van der Waals surface area contributed by atoms with Crippen LogP contribution in [0.15, 0.2) is 18.2 Å². The van der Waals surface area contributed by atoms with Crippen LogP contribution in [0.3, 0.4) is 0 Å². The van der Waals surface area contributed by atoms with Crippen LogP contribution in [0.2, 0.25) is 5.02 Å². The van der Waals surface area contributed by atoms with Crippen LogP contribution in [0, 0.1) is 0 Å². The molecule has 0 amide bonds. The molecule has 0 bridgehead atoms.